The molecular weight excluding hydrogens is 474 g/mol. The largest absolute Gasteiger partial charge is 0.494 e. The summed E-state index contributed by atoms with van der Waals surface area (Å²) >= 11 is 0. The fourth-order valence-corrected chi connectivity index (χ4v) is 5.73. The maximum atomic E-state index is 13.8. The minimum atomic E-state index is -0.210. The maximum Gasteiger partial charge on any atom is 0.163 e. The quantitative estimate of drug-likeness (QED) is 0.407. The number of carbonyl (C=O) groups excluding carboxylic acids is 1. The number of benzene rings is 3. The number of Topliss-reactive ketones (excluding diaryl/α,β-unsaturated/α-hetero) is 1. The van der Waals surface area contributed by atoms with E-state index in [1.54, 1.807) is 0 Å². The lowest BCUT2D eigenvalue weighted by Gasteiger charge is -2.31. The molecule has 6 heteroatoms. The molecule has 0 aromatic heterocycles. The first kappa shape index (κ1) is 24.6. The maximum absolute atomic E-state index is 13.8. The number of morpholine rings is 1. The molecule has 2 aliphatic heterocycles. The summed E-state index contributed by atoms with van der Waals surface area (Å²) in [4.78, 5) is 16.2. The van der Waals surface area contributed by atoms with Gasteiger partial charge in [0.2, 0.25) is 0 Å². The zero-order valence-corrected chi connectivity index (χ0v) is 21.9. The molecule has 6 nitrogen and oxygen atoms in total. The van der Waals surface area contributed by atoms with Gasteiger partial charge in [-0.3, -0.25) is 4.79 Å². The molecule has 0 saturated carbocycles. The topological polar surface area (TPSA) is 62.8 Å². The van der Waals surface area contributed by atoms with Crippen LogP contribution in [0.4, 0.5) is 17.1 Å². The number of nitrogens with zero attached hydrogens (tertiary/aromatic N) is 1. The van der Waals surface area contributed by atoms with E-state index in [2.05, 4.69) is 71.0 Å². The predicted molar refractivity (Wildman–Crippen MR) is 152 cm³/mol. The highest BCUT2D eigenvalue weighted by Crippen LogP contribution is 2.44. The van der Waals surface area contributed by atoms with Crippen molar-refractivity contribution in [3.8, 4) is 5.75 Å². The number of allylic oxidation sites excluding steroid dienone is 1. The van der Waals surface area contributed by atoms with Gasteiger partial charge in [0.15, 0.2) is 5.78 Å². The van der Waals surface area contributed by atoms with Gasteiger partial charge in [0.05, 0.1) is 37.2 Å². The smallest absolute Gasteiger partial charge is 0.163 e. The van der Waals surface area contributed by atoms with Crippen molar-refractivity contribution in [2.24, 2.45) is 0 Å². The molecule has 2 N–H and O–H groups in total. The Hall–Kier alpha value is -3.77. The van der Waals surface area contributed by atoms with E-state index in [0.29, 0.717) is 13.0 Å². The van der Waals surface area contributed by atoms with Crippen LogP contribution >= 0.6 is 0 Å². The van der Waals surface area contributed by atoms with Gasteiger partial charge in [-0.1, -0.05) is 43.3 Å². The molecule has 3 aromatic carbocycles. The minimum absolute atomic E-state index is 0.128. The monoisotopic (exact) mass is 509 g/mol. The Morgan fingerprint density at radius 2 is 1.61 bits per heavy atom. The fourth-order valence-electron chi connectivity index (χ4n) is 5.73. The van der Waals surface area contributed by atoms with Crippen LogP contribution in [0.25, 0.3) is 0 Å². The number of rotatable bonds is 6. The lowest BCUT2D eigenvalue weighted by Crippen LogP contribution is -2.36. The number of anilines is 3. The molecule has 3 aliphatic rings. The van der Waals surface area contributed by atoms with Crippen LogP contribution in [0.15, 0.2) is 84.1 Å². The second kappa shape index (κ2) is 10.9. The van der Waals surface area contributed by atoms with Crippen LogP contribution in [0.3, 0.4) is 0 Å². The highest BCUT2D eigenvalue weighted by Gasteiger charge is 2.36. The van der Waals surface area contributed by atoms with Crippen LogP contribution in [-0.2, 0) is 9.53 Å². The van der Waals surface area contributed by atoms with Crippen LogP contribution < -0.4 is 20.3 Å². The third-order valence-corrected chi connectivity index (χ3v) is 7.74. The Labute approximate surface area is 224 Å². The highest BCUT2D eigenvalue weighted by atomic mass is 16.5. The summed E-state index contributed by atoms with van der Waals surface area (Å²) in [5, 5.41) is 7.34. The second-order valence-electron chi connectivity index (χ2n) is 10.3. The Morgan fingerprint density at radius 3 is 2.34 bits per heavy atom. The molecule has 6 rings (SSSR count). The number of ether oxygens (including phenoxy) is 2. The van der Waals surface area contributed by atoms with Gasteiger partial charge in [0.1, 0.15) is 5.75 Å². The molecule has 0 radical (unpaired) electrons. The van der Waals surface area contributed by atoms with Crippen molar-refractivity contribution >= 4 is 22.8 Å². The molecule has 2 heterocycles. The Balaban J connectivity index is 1.31. The molecule has 3 aromatic rings. The van der Waals surface area contributed by atoms with E-state index in [4.69, 9.17) is 9.47 Å². The van der Waals surface area contributed by atoms with Crippen molar-refractivity contribution in [1.82, 2.24) is 0 Å². The van der Waals surface area contributed by atoms with E-state index in [9.17, 15) is 4.79 Å². The normalized spacial score (nSPS) is 21.1. The highest BCUT2D eigenvalue weighted by molar-refractivity contribution is 6.01. The standard InChI is InChI=1S/C32H35N3O3/c1-2-17-38-26-13-9-22(10-14-26)24-20-29-31(30(36)21-24)32(34-28-6-4-3-5-27(28)33-29)23-7-11-25(12-8-23)35-15-18-37-19-16-35/h3-14,24,32-34H,2,15-21H2,1H3. The van der Waals surface area contributed by atoms with E-state index in [-0.39, 0.29) is 17.7 Å². The van der Waals surface area contributed by atoms with Gasteiger partial charge in [-0.05, 0) is 66.3 Å². The summed E-state index contributed by atoms with van der Waals surface area (Å²) in [6, 6.07) is 24.9. The molecule has 2 atom stereocenters. The van der Waals surface area contributed by atoms with Gasteiger partial charge in [0, 0.05) is 36.5 Å². The Morgan fingerprint density at radius 1 is 0.895 bits per heavy atom. The van der Waals surface area contributed by atoms with Gasteiger partial charge in [0.25, 0.3) is 0 Å². The first-order chi connectivity index (χ1) is 18.7. The number of para-hydroxylation sites is 2. The number of carbonyl (C=O) groups is 1. The first-order valence-electron chi connectivity index (χ1n) is 13.7. The van der Waals surface area contributed by atoms with E-state index >= 15 is 0 Å². The minimum Gasteiger partial charge on any atom is -0.494 e. The predicted octanol–water partition coefficient (Wildman–Crippen LogP) is 6.29. The summed E-state index contributed by atoms with van der Waals surface area (Å²) in [6.45, 7) is 6.14. The molecule has 1 saturated heterocycles. The van der Waals surface area contributed by atoms with Crippen molar-refractivity contribution in [3.63, 3.8) is 0 Å². The summed E-state index contributed by atoms with van der Waals surface area (Å²) in [6.07, 6.45) is 2.26. The molecule has 0 amide bonds. The zero-order valence-electron chi connectivity index (χ0n) is 21.9. The lowest BCUT2D eigenvalue weighted by atomic mass is 9.78. The zero-order chi connectivity index (χ0) is 25.9. The number of nitrogens with one attached hydrogen (secondary N) is 2. The van der Waals surface area contributed by atoms with Crippen LogP contribution in [0.5, 0.6) is 5.75 Å². The van der Waals surface area contributed by atoms with Crippen LogP contribution in [0, 0.1) is 0 Å². The molecule has 1 aliphatic carbocycles. The molecular formula is C32H35N3O3. The first-order valence-corrected chi connectivity index (χ1v) is 13.7. The number of hydrogen-bond donors (Lipinski definition) is 2. The molecule has 196 valence electrons. The summed E-state index contributed by atoms with van der Waals surface area (Å²) in [7, 11) is 0. The summed E-state index contributed by atoms with van der Waals surface area (Å²) in [5.41, 5.74) is 7.33. The number of fused-ring (bicyclic) bond motifs is 1. The lowest BCUT2D eigenvalue weighted by molar-refractivity contribution is -0.116. The van der Waals surface area contributed by atoms with E-state index in [1.165, 1.54) is 11.3 Å². The van der Waals surface area contributed by atoms with Crippen molar-refractivity contribution in [3.05, 3.63) is 95.2 Å². The van der Waals surface area contributed by atoms with E-state index in [0.717, 1.165) is 73.1 Å². The van der Waals surface area contributed by atoms with Crippen LogP contribution in [0.2, 0.25) is 0 Å². The second-order valence-corrected chi connectivity index (χ2v) is 10.3. The Bertz CT molecular complexity index is 1310. The van der Waals surface area contributed by atoms with Gasteiger partial charge in [-0.25, -0.2) is 0 Å². The van der Waals surface area contributed by atoms with Gasteiger partial charge in [-0.2, -0.15) is 0 Å². The van der Waals surface area contributed by atoms with E-state index in [1.807, 2.05) is 24.3 Å². The molecule has 0 bridgehead atoms. The summed E-state index contributed by atoms with van der Waals surface area (Å²) < 4.78 is 11.3. The third-order valence-electron chi connectivity index (χ3n) is 7.74. The molecule has 38 heavy (non-hydrogen) atoms. The fraction of sp³-hybridized carbons (Fsp3) is 0.344. The van der Waals surface area contributed by atoms with E-state index < -0.39 is 0 Å². The average Bonchev–Trinajstić information content (AvgIpc) is 3.14. The van der Waals surface area contributed by atoms with Crippen molar-refractivity contribution in [2.75, 3.05) is 48.4 Å². The van der Waals surface area contributed by atoms with Crippen LogP contribution in [0.1, 0.15) is 49.3 Å². The van der Waals surface area contributed by atoms with Gasteiger partial charge < -0.3 is 25.0 Å². The summed E-state index contributed by atoms with van der Waals surface area (Å²) in [5.74, 6) is 1.20. The Kier molecular flexibility index (Phi) is 7.06. The van der Waals surface area contributed by atoms with Gasteiger partial charge >= 0.3 is 0 Å². The molecule has 2 unspecified atom stereocenters. The molecule has 0 spiro atoms. The van der Waals surface area contributed by atoms with Crippen molar-refractivity contribution in [2.45, 2.75) is 38.1 Å². The van der Waals surface area contributed by atoms with Crippen molar-refractivity contribution in [1.29, 1.82) is 0 Å². The van der Waals surface area contributed by atoms with Gasteiger partial charge in [-0.15, -0.1) is 0 Å². The van der Waals surface area contributed by atoms with Crippen LogP contribution in [-0.4, -0.2) is 38.7 Å². The van der Waals surface area contributed by atoms with Crippen molar-refractivity contribution < 1.29 is 14.3 Å². The number of ketones is 1. The third kappa shape index (κ3) is 5.01. The number of hydrogen-bond acceptors (Lipinski definition) is 6. The molecule has 1 fully saturated rings. The SMILES string of the molecule is CCCOc1ccc(C2CC(=O)C3=C(C2)Nc2ccccc2NC3c2ccc(N3CCOCC3)cc2)cc1. The average molecular weight is 510 g/mol.